The molecule has 0 amide bonds. The van der Waals surface area contributed by atoms with Gasteiger partial charge in [-0.15, -0.1) is 0 Å². The molecule has 0 radical (unpaired) electrons. The first kappa shape index (κ1) is 67.2. The van der Waals surface area contributed by atoms with E-state index in [4.69, 9.17) is 23.7 Å². The van der Waals surface area contributed by atoms with Crippen LogP contribution in [0.3, 0.4) is 0 Å². The predicted molar refractivity (Wildman–Crippen MR) is 294 cm³/mol. The van der Waals surface area contributed by atoms with Gasteiger partial charge >= 0.3 is 23.9 Å². The van der Waals surface area contributed by atoms with Crippen LogP contribution in [0.15, 0.2) is 72.9 Å². The molecule has 6 atom stereocenters. The van der Waals surface area contributed by atoms with Crippen molar-refractivity contribution in [2.45, 2.75) is 276 Å². The number of hydrogen-bond acceptors (Lipinski definition) is 11. The van der Waals surface area contributed by atoms with Gasteiger partial charge in [0.2, 0.25) is 0 Å². The second-order valence-corrected chi connectivity index (χ2v) is 19.5. The number of hydrogen-bond donors (Lipinski definition) is 3. The van der Waals surface area contributed by atoms with Crippen LogP contribution in [0.1, 0.15) is 239 Å². The van der Waals surface area contributed by atoms with E-state index in [1.165, 1.54) is 51.4 Å². The van der Waals surface area contributed by atoms with E-state index in [0.29, 0.717) is 19.3 Å². The molecule has 0 aromatic carbocycles. The normalized spacial score (nSPS) is 18.8. The summed E-state index contributed by atoms with van der Waals surface area (Å²) in [5.74, 6) is -3.15. The lowest BCUT2D eigenvalue weighted by Gasteiger charge is -2.40. The Morgan fingerprint density at radius 3 is 1.34 bits per heavy atom. The van der Waals surface area contributed by atoms with Crippen LogP contribution in [-0.4, -0.2) is 89.2 Å². The van der Waals surface area contributed by atoms with Gasteiger partial charge in [-0.3, -0.25) is 14.4 Å². The SMILES string of the molecule is CC/C=C\C/C=C\C/C=C\C/C=C\CCCCCCCCC(=O)OC1C(OCC(COC(=O)CCCCCCC/C=C\C/C=C\CCCCC)OC(=O)CCCCCCCCCCC)OC(C(=O)O)C(O)C1O. The molecule has 1 aliphatic heterocycles. The fraction of sp³-hybridized carbons (Fsp3) is 0.738. The van der Waals surface area contributed by atoms with E-state index < -0.39 is 67.3 Å². The topological polar surface area (TPSA) is 175 Å². The Morgan fingerprint density at radius 2 is 0.863 bits per heavy atom. The Morgan fingerprint density at radius 1 is 0.466 bits per heavy atom. The van der Waals surface area contributed by atoms with E-state index >= 15 is 0 Å². The molecule has 0 aromatic rings. The zero-order valence-electron chi connectivity index (χ0n) is 45.9. The van der Waals surface area contributed by atoms with Gasteiger partial charge in [-0.05, 0) is 89.9 Å². The van der Waals surface area contributed by atoms with Gasteiger partial charge in [0.25, 0.3) is 0 Å². The van der Waals surface area contributed by atoms with Gasteiger partial charge in [-0.1, -0.05) is 203 Å². The number of unbranched alkanes of at least 4 members (excludes halogenated alkanes) is 22. The molecule has 12 heteroatoms. The van der Waals surface area contributed by atoms with Gasteiger partial charge in [-0.25, -0.2) is 4.79 Å². The van der Waals surface area contributed by atoms with E-state index in [1.54, 1.807) is 0 Å². The number of esters is 3. The lowest BCUT2D eigenvalue weighted by atomic mass is 9.98. The Labute approximate surface area is 442 Å². The van der Waals surface area contributed by atoms with Crippen molar-refractivity contribution >= 4 is 23.9 Å². The zero-order chi connectivity index (χ0) is 53.3. The highest BCUT2D eigenvalue weighted by molar-refractivity contribution is 5.74. The summed E-state index contributed by atoms with van der Waals surface area (Å²) in [6.45, 7) is 5.81. The molecule has 1 rings (SSSR count). The zero-order valence-corrected chi connectivity index (χ0v) is 45.9. The minimum Gasteiger partial charge on any atom is -0.479 e. The first-order valence-electron chi connectivity index (χ1n) is 28.9. The molecule has 418 valence electrons. The van der Waals surface area contributed by atoms with Crippen LogP contribution < -0.4 is 0 Å². The van der Waals surface area contributed by atoms with Gasteiger partial charge in [0.1, 0.15) is 18.8 Å². The van der Waals surface area contributed by atoms with Crippen molar-refractivity contribution in [1.29, 1.82) is 0 Å². The van der Waals surface area contributed by atoms with E-state index in [-0.39, 0.29) is 25.9 Å². The van der Waals surface area contributed by atoms with Gasteiger partial charge in [0, 0.05) is 19.3 Å². The quantitative estimate of drug-likeness (QED) is 0.0228. The molecule has 0 aromatic heterocycles. The predicted octanol–water partition coefficient (Wildman–Crippen LogP) is 14.6. The van der Waals surface area contributed by atoms with Crippen LogP contribution in [0.4, 0.5) is 0 Å². The van der Waals surface area contributed by atoms with Gasteiger partial charge < -0.3 is 39.0 Å². The molecule has 12 nitrogen and oxygen atoms in total. The summed E-state index contributed by atoms with van der Waals surface area (Å²) < 4.78 is 28.3. The maximum Gasteiger partial charge on any atom is 0.335 e. The van der Waals surface area contributed by atoms with Gasteiger partial charge in [-0.2, -0.15) is 0 Å². The Hall–Kier alpha value is -3.84. The minimum atomic E-state index is -1.91. The third-order valence-corrected chi connectivity index (χ3v) is 12.8. The number of carboxylic acid groups (broad SMARTS) is 1. The summed E-state index contributed by atoms with van der Waals surface area (Å²) in [7, 11) is 0. The molecule has 0 saturated carbocycles. The molecule has 6 unspecified atom stereocenters. The first-order valence-corrected chi connectivity index (χ1v) is 28.9. The maximum absolute atomic E-state index is 13.1. The minimum absolute atomic E-state index is 0.0418. The Balaban J connectivity index is 2.66. The average molecular weight is 1030 g/mol. The van der Waals surface area contributed by atoms with Crippen LogP contribution >= 0.6 is 0 Å². The number of carbonyl (C=O) groups excluding carboxylic acids is 3. The van der Waals surface area contributed by atoms with Crippen LogP contribution in [0, 0.1) is 0 Å². The standard InChI is InChI=1S/C61H102O12/c1-4-7-10-13-16-19-21-23-25-26-27-28-30-32-34-37-40-43-46-49-55(64)72-59-57(66)56(65)58(60(67)68)73-61(59)70-51-52(71-54(63)48-45-42-39-35-18-15-12-9-6-3)50-69-53(62)47-44-41-38-36-33-31-29-24-22-20-17-14-11-8-5-2/h7,10,16-17,19-20,23-25,27-29,52,56-59,61,65-66H,4-6,8-9,11-15,18,21-22,26,30-51H2,1-3H3,(H,67,68)/b10-7-,19-16-,20-17-,25-23-,28-27-,29-24-. The summed E-state index contributed by atoms with van der Waals surface area (Å²) in [6, 6.07) is 0. The molecule has 1 fully saturated rings. The van der Waals surface area contributed by atoms with E-state index in [1.807, 2.05) is 0 Å². The van der Waals surface area contributed by atoms with Crippen molar-refractivity contribution in [2.75, 3.05) is 13.2 Å². The lowest BCUT2D eigenvalue weighted by molar-refractivity contribution is -0.301. The summed E-state index contributed by atoms with van der Waals surface area (Å²) in [4.78, 5) is 51.0. The number of carboxylic acids is 1. The molecule has 3 N–H and O–H groups in total. The van der Waals surface area contributed by atoms with Crippen molar-refractivity contribution in [2.24, 2.45) is 0 Å². The van der Waals surface area contributed by atoms with Crippen LogP contribution in [0.2, 0.25) is 0 Å². The highest BCUT2D eigenvalue weighted by Gasteiger charge is 2.50. The number of allylic oxidation sites excluding steroid dienone is 12. The second kappa shape index (κ2) is 49.1. The molecule has 1 heterocycles. The monoisotopic (exact) mass is 1030 g/mol. The van der Waals surface area contributed by atoms with Crippen molar-refractivity contribution in [3.05, 3.63) is 72.9 Å². The first-order chi connectivity index (χ1) is 35.6. The number of ether oxygens (including phenoxy) is 5. The van der Waals surface area contributed by atoms with Crippen LogP contribution in [-0.2, 0) is 42.9 Å². The molecular weight excluding hydrogens is 925 g/mol. The highest BCUT2D eigenvalue weighted by atomic mass is 16.7. The summed E-state index contributed by atoms with van der Waals surface area (Å²) in [5, 5.41) is 31.4. The number of aliphatic hydroxyl groups excluding tert-OH is 2. The highest BCUT2D eigenvalue weighted by Crippen LogP contribution is 2.26. The molecule has 1 aliphatic rings. The lowest BCUT2D eigenvalue weighted by Crippen LogP contribution is -2.61. The molecular formula is C61H102O12. The van der Waals surface area contributed by atoms with Crippen molar-refractivity contribution in [1.82, 2.24) is 0 Å². The third-order valence-electron chi connectivity index (χ3n) is 12.8. The fourth-order valence-corrected chi connectivity index (χ4v) is 8.33. The number of aliphatic hydroxyl groups is 2. The average Bonchev–Trinajstić information content (AvgIpc) is 3.37. The Kier molecular flexibility index (Phi) is 45.1. The third kappa shape index (κ3) is 39.3. The fourth-order valence-electron chi connectivity index (χ4n) is 8.33. The largest absolute Gasteiger partial charge is 0.479 e. The van der Waals surface area contributed by atoms with E-state index in [2.05, 4.69) is 93.7 Å². The van der Waals surface area contributed by atoms with E-state index in [9.17, 15) is 34.5 Å². The second-order valence-electron chi connectivity index (χ2n) is 19.5. The van der Waals surface area contributed by atoms with Gasteiger partial charge in [0.05, 0.1) is 6.61 Å². The number of aliphatic carboxylic acids is 1. The van der Waals surface area contributed by atoms with Crippen LogP contribution in [0.25, 0.3) is 0 Å². The Bertz CT molecular complexity index is 1550. The smallest absolute Gasteiger partial charge is 0.335 e. The molecule has 0 aliphatic carbocycles. The molecule has 0 bridgehead atoms. The number of carbonyl (C=O) groups is 4. The number of rotatable bonds is 48. The van der Waals surface area contributed by atoms with Crippen molar-refractivity contribution in [3.8, 4) is 0 Å². The maximum atomic E-state index is 13.1. The van der Waals surface area contributed by atoms with Crippen molar-refractivity contribution in [3.63, 3.8) is 0 Å². The van der Waals surface area contributed by atoms with E-state index in [0.717, 1.165) is 128 Å². The van der Waals surface area contributed by atoms with Crippen molar-refractivity contribution < 1.29 is 58.2 Å². The summed E-state index contributed by atoms with van der Waals surface area (Å²) in [6.07, 6.45) is 48.8. The summed E-state index contributed by atoms with van der Waals surface area (Å²) >= 11 is 0. The van der Waals surface area contributed by atoms with Gasteiger partial charge in [0.15, 0.2) is 24.6 Å². The van der Waals surface area contributed by atoms with Crippen LogP contribution in [0.5, 0.6) is 0 Å². The molecule has 1 saturated heterocycles. The molecule has 0 spiro atoms. The molecule has 73 heavy (non-hydrogen) atoms. The summed E-state index contributed by atoms with van der Waals surface area (Å²) in [5.41, 5.74) is 0.